The lowest BCUT2D eigenvalue weighted by atomic mass is 9.93. The van der Waals surface area contributed by atoms with Crippen LogP contribution in [0.5, 0.6) is 5.75 Å². The predicted octanol–water partition coefficient (Wildman–Crippen LogP) is 1.74. The van der Waals surface area contributed by atoms with Crippen LogP contribution in [-0.2, 0) is 12.0 Å². The molecule has 78 valence electrons. The number of aryl methyl sites for hydroxylation is 1. The molecule has 1 N–H and O–H groups in total. The highest BCUT2D eigenvalue weighted by atomic mass is 16.5. The van der Waals surface area contributed by atoms with E-state index in [4.69, 9.17) is 10.00 Å². The molecule has 1 aromatic rings. The number of ether oxygens (including phenoxy) is 1. The van der Waals surface area contributed by atoms with Gasteiger partial charge in [-0.2, -0.15) is 5.26 Å². The Morgan fingerprint density at radius 2 is 2.40 bits per heavy atom. The molecule has 0 bridgehead atoms. The van der Waals surface area contributed by atoms with E-state index in [1.54, 1.807) is 7.11 Å². The maximum absolute atomic E-state index is 10.3. The van der Waals surface area contributed by atoms with E-state index < -0.39 is 5.60 Å². The number of nitrogens with zero attached hydrogens (tertiary/aromatic N) is 1. The van der Waals surface area contributed by atoms with E-state index in [1.165, 1.54) is 0 Å². The highest BCUT2D eigenvalue weighted by Gasteiger charge is 2.36. The van der Waals surface area contributed by atoms with E-state index >= 15 is 0 Å². The standard InChI is InChI=1S/C12H13NO2/c1-15-10-3-2-9-4-5-12(14,6-7-13)11(9)8-10/h2-3,8,14H,4-6H2,1H3. The van der Waals surface area contributed by atoms with Crippen LogP contribution >= 0.6 is 0 Å². The fourth-order valence-electron chi connectivity index (χ4n) is 2.12. The number of aliphatic hydroxyl groups is 1. The monoisotopic (exact) mass is 203 g/mol. The Labute approximate surface area is 88.9 Å². The van der Waals surface area contributed by atoms with E-state index in [0.717, 1.165) is 23.3 Å². The number of methoxy groups -OCH3 is 1. The smallest absolute Gasteiger partial charge is 0.119 e. The van der Waals surface area contributed by atoms with Crippen LogP contribution < -0.4 is 4.74 Å². The summed E-state index contributed by atoms with van der Waals surface area (Å²) in [6.45, 7) is 0. The van der Waals surface area contributed by atoms with E-state index in [-0.39, 0.29) is 6.42 Å². The molecule has 1 aliphatic carbocycles. The van der Waals surface area contributed by atoms with Crippen LogP contribution in [-0.4, -0.2) is 12.2 Å². The first-order valence-corrected chi connectivity index (χ1v) is 4.96. The van der Waals surface area contributed by atoms with Gasteiger partial charge in [0.1, 0.15) is 11.4 Å². The van der Waals surface area contributed by atoms with Gasteiger partial charge in [-0.05, 0) is 36.1 Å². The minimum atomic E-state index is -0.974. The summed E-state index contributed by atoms with van der Waals surface area (Å²) in [6.07, 6.45) is 1.60. The van der Waals surface area contributed by atoms with Gasteiger partial charge in [-0.15, -0.1) is 0 Å². The van der Waals surface area contributed by atoms with Crippen molar-refractivity contribution in [2.24, 2.45) is 0 Å². The number of hydrogen-bond acceptors (Lipinski definition) is 3. The Hall–Kier alpha value is -1.53. The quantitative estimate of drug-likeness (QED) is 0.796. The molecule has 0 amide bonds. The van der Waals surface area contributed by atoms with Crippen molar-refractivity contribution in [1.82, 2.24) is 0 Å². The maximum Gasteiger partial charge on any atom is 0.119 e. The van der Waals surface area contributed by atoms with Gasteiger partial charge in [-0.3, -0.25) is 0 Å². The maximum atomic E-state index is 10.3. The summed E-state index contributed by atoms with van der Waals surface area (Å²) >= 11 is 0. The van der Waals surface area contributed by atoms with Crippen LogP contribution in [0.3, 0.4) is 0 Å². The summed E-state index contributed by atoms with van der Waals surface area (Å²) in [6, 6.07) is 7.72. The highest BCUT2D eigenvalue weighted by molar-refractivity contribution is 5.43. The molecule has 2 rings (SSSR count). The number of nitriles is 1. The molecule has 0 aromatic heterocycles. The molecule has 1 aromatic carbocycles. The molecule has 0 saturated heterocycles. The lowest BCUT2D eigenvalue weighted by Gasteiger charge is -2.20. The zero-order chi connectivity index (χ0) is 10.9. The Kier molecular flexibility index (Phi) is 2.37. The van der Waals surface area contributed by atoms with Gasteiger partial charge in [0.25, 0.3) is 0 Å². The molecule has 0 radical (unpaired) electrons. The SMILES string of the molecule is COc1ccc2c(c1)C(O)(CC#N)CC2. The van der Waals surface area contributed by atoms with Crippen LogP contribution in [0.1, 0.15) is 24.0 Å². The topological polar surface area (TPSA) is 53.2 Å². The fraction of sp³-hybridized carbons (Fsp3) is 0.417. The molecular weight excluding hydrogens is 190 g/mol. The first-order chi connectivity index (χ1) is 7.19. The highest BCUT2D eigenvalue weighted by Crippen LogP contribution is 2.40. The van der Waals surface area contributed by atoms with Crippen molar-refractivity contribution in [3.63, 3.8) is 0 Å². The summed E-state index contributed by atoms with van der Waals surface area (Å²) < 4.78 is 5.12. The van der Waals surface area contributed by atoms with Crippen molar-refractivity contribution in [2.45, 2.75) is 24.9 Å². The van der Waals surface area contributed by atoms with Gasteiger partial charge in [-0.25, -0.2) is 0 Å². The Morgan fingerprint density at radius 1 is 1.60 bits per heavy atom. The average Bonchev–Trinajstić information content (AvgIpc) is 2.57. The second kappa shape index (κ2) is 3.56. The van der Waals surface area contributed by atoms with Crippen LogP contribution in [0.2, 0.25) is 0 Å². The van der Waals surface area contributed by atoms with Crippen molar-refractivity contribution in [3.8, 4) is 11.8 Å². The van der Waals surface area contributed by atoms with Crippen molar-refractivity contribution in [2.75, 3.05) is 7.11 Å². The molecule has 0 fully saturated rings. The third kappa shape index (κ3) is 1.57. The van der Waals surface area contributed by atoms with Crippen LogP contribution in [0, 0.1) is 11.3 Å². The molecule has 3 heteroatoms. The first-order valence-electron chi connectivity index (χ1n) is 4.96. The fourth-order valence-corrected chi connectivity index (χ4v) is 2.12. The van der Waals surface area contributed by atoms with Gasteiger partial charge < -0.3 is 9.84 Å². The molecule has 0 aliphatic heterocycles. The van der Waals surface area contributed by atoms with Gasteiger partial charge in [0.05, 0.1) is 19.6 Å². The van der Waals surface area contributed by atoms with Crippen molar-refractivity contribution < 1.29 is 9.84 Å². The Bertz CT molecular complexity index is 422. The Morgan fingerprint density at radius 3 is 3.07 bits per heavy atom. The van der Waals surface area contributed by atoms with Gasteiger partial charge in [0.15, 0.2) is 0 Å². The van der Waals surface area contributed by atoms with Crippen LogP contribution in [0.15, 0.2) is 18.2 Å². The second-order valence-corrected chi connectivity index (χ2v) is 3.89. The van der Waals surface area contributed by atoms with Crippen LogP contribution in [0.4, 0.5) is 0 Å². The first kappa shape index (κ1) is 10.0. The van der Waals surface area contributed by atoms with Crippen molar-refractivity contribution >= 4 is 0 Å². The third-order valence-corrected chi connectivity index (χ3v) is 3.00. The molecule has 15 heavy (non-hydrogen) atoms. The summed E-state index contributed by atoms with van der Waals surface area (Å²) in [5.74, 6) is 0.729. The summed E-state index contributed by atoms with van der Waals surface area (Å²) in [5.41, 5.74) is 0.996. The molecule has 1 atom stereocenters. The molecule has 0 spiro atoms. The second-order valence-electron chi connectivity index (χ2n) is 3.89. The van der Waals surface area contributed by atoms with Gasteiger partial charge in [-0.1, -0.05) is 6.07 Å². The minimum absolute atomic E-state index is 0.146. The normalized spacial score (nSPS) is 23.3. The molecule has 0 saturated carbocycles. The lowest BCUT2D eigenvalue weighted by molar-refractivity contribution is 0.0434. The molecule has 3 nitrogen and oxygen atoms in total. The number of rotatable bonds is 2. The number of fused-ring (bicyclic) bond motifs is 1. The van der Waals surface area contributed by atoms with Gasteiger partial charge in [0, 0.05) is 0 Å². The third-order valence-electron chi connectivity index (χ3n) is 3.00. The summed E-state index contributed by atoms with van der Waals surface area (Å²) in [7, 11) is 1.60. The van der Waals surface area contributed by atoms with E-state index in [9.17, 15) is 5.11 Å². The van der Waals surface area contributed by atoms with E-state index in [2.05, 4.69) is 0 Å². The van der Waals surface area contributed by atoms with Crippen molar-refractivity contribution in [1.29, 1.82) is 5.26 Å². The number of benzene rings is 1. The summed E-state index contributed by atoms with van der Waals surface area (Å²) in [4.78, 5) is 0. The number of hydrogen-bond donors (Lipinski definition) is 1. The molecular formula is C12H13NO2. The largest absolute Gasteiger partial charge is 0.497 e. The molecule has 1 aliphatic rings. The molecule has 0 heterocycles. The average molecular weight is 203 g/mol. The van der Waals surface area contributed by atoms with Crippen molar-refractivity contribution in [3.05, 3.63) is 29.3 Å². The zero-order valence-electron chi connectivity index (χ0n) is 8.66. The summed E-state index contributed by atoms with van der Waals surface area (Å²) in [5, 5.41) is 19.0. The Balaban J connectivity index is 2.44. The van der Waals surface area contributed by atoms with Gasteiger partial charge >= 0.3 is 0 Å². The van der Waals surface area contributed by atoms with E-state index in [0.29, 0.717) is 6.42 Å². The lowest BCUT2D eigenvalue weighted by Crippen LogP contribution is -2.21. The predicted molar refractivity (Wildman–Crippen MR) is 55.4 cm³/mol. The van der Waals surface area contributed by atoms with Gasteiger partial charge in [0.2, 0.25) is 0 Å². The minimum Gasteiger partial charge on any atom is -0.497 e. The molecule has 1 unspecified atom stereocenters. The van der Waals surface area contributed by atoms with Crippen LogP contribution in [0.25, 0.3) is 0 Å². The van der Waals surface area contributed by atoms with E-state index in [1.807, 2.05) is 24.3 Å². The zero-order valence-corrected chi connectivity index (χ0v) is 8.66.